The standard InChI is InChI=1S/C14H15BrOS/c1-10-6-12(8-13(15)7-10)14(16)3-2-11-4-5-17-9-11/h4-9,14,16H,2-3H2,1H3. The number of halogens is 1. The molecule has 0 spiro atoms. The van der Waals surface area contributed by atoms with Gasteiger partial charge in [0.25, 0.3) is 0 Å². The highest BCUT2D eigenvalue weighted by molar-refractivity contribution is 9.10. The summed E-state index contributed by atoms with van der Waals surface area (Å²) in [5.41, 5.74) is 3.47. The molecular formula is C14H15BrOS. The zero-order valence-corrected chi connectivity index (χ0v) is 12.1. The van der Waals surface area contributed by atoms with Gasteiger partial charge in [0.2, 0.25) is 0 Å². The average Bonchev–Trinajstić information content (AvgIpc) is 2.77. The van der Waals surface area contributed by atoms with Gasteiger partial charge in [0.1, 0.15) is 0 Å². The molecule has 2 rings (SSSR count). The van der Waals surface area contributed by atoms with Gasteiger partial charge in [0, 0.05) is 4.47 Å². The molecule has 0 radical (unpaired) electrons. The van der Waals surface area contributed by atoms with Crippen molar-refractivity contribution in [1.29, 1.82) is 0 Å². The molecule has 1 heterocycles. The Hall–Kier alpha value is -0.640. The quantitative estimate of drug-likeness (QED) is 0.882. The molecule has 1 nitrogen and oxygen atoms in total. The second-order valence-corrected chi connectivity index (χ2v) is 5.94. The van der Waals surface area contributed by atoms with Gasteiger partial charge in [-0.05, 0) is 65.4 Å². The van der Waals surface area contributed by atoms with Gasteiger partial charge in [0.05, 0.1) is 6.10 Å². The molecule has 0 saturated carbocycles. The fraction of sp³-hybridized carbons (Fsp3) is 0.286. The lowest BCUT2D eigenvalue weighted by atomic mass is 10.0. The summed E-state index contributed by atoms with van der Waals surface area (Å²) in [4.78, 5) is 0. The summed E-state index contributed by atoms with van der Waals surface area (Å²) in [7, 11) is 0. The zero-order chi connectivity index (χ0) is 12.3. The molecule has 0 aliphatic carbocycles. The molecule has 1 N–H and O–H groups in total. The summed E-state index contributed by atoms with van der Waals surface area (Å²) in [6.07, 6.45) is 1.31. The monoisotopic (exact) mass is 310 g/mol. The van der Waals surface area contributed by atoms with Crippen LogP contribution in [0.3, 0.4) is 0 Å². The van der Waals surface area contributed by atoms with Crippen LogP contribution in [-0.2, 0) is 6.42 Å². The third-order valence-electron chi connectivity index (χ3n) is 2.74. The minimum Gasteiger partial charge on any atom is -0.388 e. The van der Waals surface area contributed by atoms with Crippen molar-refractivity contribution in [2.45, 2.75) is 25.9 Å². The van der Waals surface area contributed by atoms with E-state index in [-0.39, 0.29) is 6.10 Å². The second-order valence-electron chi connectivity index (χ2n) is 4.25. The lowest BCUT2D eigenvalue weighted by Crippen LogP contribution is -1.99. The summed E-state index contributed by atoms with van der Waals surface area (Å²) < 4.78 is 1.03. The molecule has 3 heteroatoms. The van der Waals surface area contributed by atoms with Gasteiger partial charge in [-0.15, -0.1) is 0 Å². The van der Waals surface area contributed by atoms with Crippen molar-refractivity contribution >= 4 is 27.3 Å². The first-order valence-corrected chi connectivity index (χ1v) is 7.35. The Morgan fingerprint density at radius 3 is 2.82 bits per heavy atom. The summed E-state index contributed by atoms with van der Waals surface area (Å²) in [6, 6.07) is 8.20. The molecule has 17 heavy (non-hydrogen) atoms. The van der Waals surface area contributed by atoms with Crippen molar-refractivity contribution in [2.24, 2.45) is 0 Å². The van der Waals surface area contributed by atoms with Gasteiger partial charge < -0.3 is 5.11 Å². The van der Waals surface area contributed by atoms with E-state index < -0.39 is 0 Å². The highest BCUT2D eigenvalue weighted by atomic mass is 79.9. The Kier molecular flexibility index (Phi) is 4.37. The molecule has 90 valence electrons. The number of rotatable bonds is 4. The molecule has 0 fully saturated rings. The van der Waals surface area contributed by atoms with Crippen molar-refractivity contribution in [3.8, 4) is 0 Å². The minimum absolute atomic E-state index is 0.383. The van der Waals surface area contributed by atoms with Gasteiger partial charge in [-0.3, -0.25) is 0 Å². The number of aliphatic hydroxyl groups is 1. The first kappa shape index (κ1) is 12.8. The summed E-state index contributed by atoms with van der Waals surface area (Å²) in [5.74, 6) is 0. The SMILES string of the molecule is Cc1cc(Br)cc(C(O)CCc2ccsc2)c1. The van der Waals surface area contributed by atoms with E-state index in [1.54, 1.807) is 11.3 Å². The smallest absolute Gasteiger partial charge is 0.0793 e. The number of aryl methyl sites for hydroxylation is 2. The third kappa shape index (κ3) is 3.66. The average molecular weight is 311 g/mol. The predicted molar refractivity (Wildman–Crippen MR) is 76.5 cm³/mol. The molecule has 0 bridgehead atoms. The Bertz CT molecular complexity index is 459. The van der Waals surface area contributed by atoms with Crippen molar-refractivity contribution in [3.63, 3.8) is 0 Å². The fourth-order valence-corrected chi connectivity index (χ4v) is 3.19. The molecule has 0 saturated heterocycles. The molecule has 1 unspecified atom stereocenters. The topological polar surface area (TPSA) is 20.2 Å². The van der Waals surface area contributed by atoms with Crippen molar-refractivity contribution in [2.75, 3.05) is 0 Å². The molecule has 1 aromatic heterocycles. The Morgan fingerprint density at radius 2 is 2.18 bits per heavy atom. The molecule has 1 aromatic carbocycles. The van der Waals surface area contributed by atoms with Gasteiger partial charge in [-0.2, -0.15) is 11.3 Å². The lowest BCUT2D eigenvalue weighted by molar-refractivity contribution is 0.168. The molecule has 2 aromatic rings. The minimum atomic E-state index is -0.383. The van der Waals surface area contributed by atoms with Gasteiger partial charge in [-0.1, -0.05) is 22.0 Å². The summed E-state index contributed by atoms with van der Waals surface area (Å²) in [5, 5.41) is 14.4. The van der Waals surface area contributed by atoms with Crippen LogP contribution in [0.2, 0.25) is 0 Å². The maximum atomic E-state index is 10.2. The van der Waals surface area contributed by atoms with Crippen LogP contribution in [-0.4, -0.2) is 5.11 Å². The number of hydrogen-bond acceptors (Lipinski definition) is 2. The van der Waals surface area contributed by atoms with Crippen LogP contribution in [0.1, 0.15) is 29.2 Å². The number of hydrogen-bond donors (Lipinski definition) is 1. The number of benzene rings is 1. The van der Waals surface area contributed by atoms with E-state index in [1.165, 1.54) is 11.1 Å². The first-order chi connectivity index (χ1) is 8.15. The number of aliphatic hydroxyl groups excluding tert-OH is 1. The lowest BCUT2D eigenvalue weighted by Gasteiger charge is -2.11. The van der Waals surface area contributed by atoms with E-state index >= 15 is 0 Å². The van der Waals surface area contributed by atoms with Crippen LogP contribution < -0.4 is 0 Å². The Balaban J connectivity index is 2.01. The van der Waals surface area contributed by atoms with Gasteiger partial charge in [-0.25, -0.2) is 0 Å². The van der Waals surface area contributed by atoms with Crippen LogP contribution in [0.15, 0.2) is 39.5 Å². The largest absolute Gasteiger partial charge is 0.388 e. The maximum Gasteiger partial charge on any atom is 0.0793 e. The van der Waals surface area contributed by atoms with Crippen molar-refractivity contribution in [1.82, 2.24) is 0 Å². The van der Waals surface area contributed by atoms with Crippen LogP contribution in [0.4, 0.5) is 0 Å². The normalized spacial score (nSPS) is 12.6. The molecule has 1 atom stereocenters. The fourth-order valence-electron chi connectivity index (χ4n) is 1.86. The second kappa shape index (κ2) is 5.80. The highest BCUT2D eigenvalue weighted by Gasteiger charge is 2.09. The van der Waals surface area contributed by atoms with E-state index in [0.29, 0.717) is 0 Å². The molecular weight excluding hydrogens is 296 g/mol. The van der Waals surface area contributed by atoms with Crippen LogP contribution in [0.25, 0.3) is 0 Å². The van der Waals surface area contributed by atoms with Gasteiger partial charge >= 0.3 is 0 Å². The molecule has 0 aliphatic rings. The van der Waals surface area contributed by atoms with E-state index in [1.807, 2.05) is 19.1 Å². The Morgan fingerprint density at radius 1 is 1.35 bits per heavy atom. The maximum absolute atomic E-state index is 10.2. The molecule has 0 amide bonds. The number of thiophene rings is 1. The first-order valence-electron chi connectivity index (χ1n) is 5.61. The van der Waals surface area contributed by atoms with E-state index in [2.05, 4.69) is 38.8 Å². The third-order valence-corrected chi connectivity index (χ3v) is 3.93. The van der Waals surface area contributed by atoms with Crippen molar-refractivity contribution in [3.05, 3.63) is 56.2 Å². The molecule has 0 aliphatic heterocycles. The summed E-state index contributed by atoms with van der Waals surface area (Å²) >= 11 is 5.16. The van der Waals surface area contributed by atoms with E-state index in [4.69, 9.17) is 0 Å². The Labute approximate surface area is 114 Å². The van der Waals surface area contributed by atoms with Crippen molar-refractivity contribution < 1.29 is 5.11 Å². The van der Waals surface area contributed by atoms with Crippen LogP contribution in [0, 0.1) is 6.92 Å². The highest BCUT2D eigenvalue weighted by Crippen LogP contribution is 2.24. The van der Waals surface area contributed by atoms with Crippen LogP contribution >= 0.6 is 27.3 Å². The van der Waals surface area contributed by atoms with Gasteiger partial charge in [0.15, 0.2) is 0 Å². The predicted octanol–water partition coefficient (Wildman–Crippen LogP) is 4.49. The van der Waals surface area contributed by atoms with Crippen LogP contribution in [0.5, 0.6) is 0 Å². The van der Waals surface area contributed by atoms with E-state index in [0.717, 1.165) is 22.9 Å². The summed E-state index contributed by atoms with van der Waals surface area (Å²) in [6.45, 7) is 2.04. The van der Waals surface area contributed by atoms with E-state index in [9.17, 15) is 5.11 Å². The zero-order valence-electron chi connectivity index (χ0n) is 9.69.